The van der Waals surface area contributed by atoms with Crippen molar-refractivity contribution in [3.05, 3.63) is 24.2 Å². The number of nitrogens with one attached hydrogen (secondary N) is 1. The van der Waals surface area contributed by atoms with Gasteiger partial charge in [-0.15, -0.1) is 0 Å². The molecule has 0 fully saturated rings. The topological polar surface area (TPSA) is 82.8 Å². The minimum absolute atomic E-state index is 0.0413. The van der Waals surface area contributed by atoms with Crippen LogP contribution in [0, 0.1) is 0 Å². The van der Waals surface area contributed by atoms with Crippen molar-refractivity contribution < 1.29 is 19.1 Å². The number of carbonyl (C=O) groups is 2. The normalized spacial score (nSPS) is 11.9. The summed E-state index contributed by atoms with van der Waals surface area (Å²) in [6.07, 6.45) is 3.09. The minimum atomic E-state index is -1.01. The fourth-order valence-corrected chi connectivity index (χ4v) is 1.68. The molecule has 1 heterocycles. The number of likely N-dealkylation sites (N-methyl/N-ethyl adjacent to an activating group) is 1. The van der Waals surface area contributed by atoms with E-state index in [1.54, 1.807) is 13.2 Å². The highest BCUT2D eigenvalue weighted by atomic mass is 16.4. The zero-order valence-corrected chi connectivity index (χ0v) is 11.3. The number of amides is 2. The first-order chi connectivity index (χ1) is 9.02. The van der Waals surface area contributed by atoms with Crippen LogP contribution >= 0.6 is 0 Å². The molecule has 0 aliphatic carbocycles. The predicted octanol–water partition coefficient (Wildman–Crippen LogP) is 1.72. The Labute approximate surface area is 112 Å². The first kappa shape index (κ1) is 15.1. The van der Waals surface area contributed by atoms with Crippen molar-refractivity contribution in [1.29, 1.82) is 0 Å². The minimum Gasteiger partial charge on any atom is -0.480 e. The smallest absolute Gasteiger partial charge is 0.323 e. The molecule has 0 saturated carbocycles. The number of aryl methyl sites for hydroxylation is 1. The summed E-state index contributed by atoms with van der Waals surface area (Å²) in [4.78, 5) is 23.7. The monoisotopic (exact) mass is 268 g/mol. The van der Waals surface area contributed by atoms with Gasteiger partial charge < -0.3 is 19.7 Å². The van der Waals surface area contributed by atoms with E-state index in [4.69, 9.17) is 9.52 Å². The third-order valence-corrected chi connectivity index (χ3v) is 2.77. The molecule has 0 bridgehead atoms. The van der Waals surface area contributed by atoms with Gasteiger partial charge in [0, 0.05) is 19.0 Å². The number of furan rings is 1. The SMILES string of the molecule is CCN(CC(=O)O)C(=O)NC(C)CCc1ccco1. The Morgan fingerprint density at radius 2 is 2.26 bits per heavy atom. The lowest BCUT2D eigenvalue weighted by Gasteiger charge is -2.22. The summed E-state index contributed by atoms with van der Waals surface area (Å²) in [5.74, 6) is -0.140. The number of aliphatic carboxylic acids is 1. The number of carboxylic acids is 1. The molecule has 1 aromatic heterocycles. The van der Waals surface area contributed by atoms with Gasteiger partial charge in [0.25, 0.3) is 0 Å². The van der Waals surface area contributed by atoms with Gasteiger partial charge in [-0.05, 0) is 32.4 Å². The van der Waals surface area contributed by atoms with E-state index in [0.29, 0.717) is 6.54 Å². The number of hydrogen-bond donors (Lipinski definition) is 2. The standard InChI is InChI=1S/C13H20N2O4/c1-3-15(9-12(16)17)13(18)14-10(2)6-7-11-5-4-8-19-11/h4-5,8,10H,3,6-7,9H2,1-2H3,(H,14,18)(H,16,17). The molecular formula is C13H20N2O4. The summed E-state index contributed by atoms with van der Waals surface area (Å²) in [6, 6.07) is 3.32. The van der Waals surface area contributed by atoms with Crippen molar-refractivity contribution >= 4 is 12.0 Å². The number of hydrogen-bond acceptors (Lipinski definition) is 3. The molecular weight excluding hydrogens is 248 g/mol. The molecule has 0 aliphatic rings. The Balaban J connectivity index is 2.35. The lowest BCUT2D eigenvalue weighted by atomic mass is 10.1. The number of carboxylic acid groups (broad SMARTS) is 1. The molecule has 1 atom stereocenters. The molecule has 0 spiro atoms. The van der Waals surface area contributed by atoms with Crippen LogP contribution in [0.5, 0.6) is 0 Å². The van der Waals surface area contributed by atoms with Crippen LogP contribution in [0.4, 0.5) is 4.79 Å². The highest BCUT2D eigenvalue weighted by molar-refractivity contribution is 5.80. The Hall–Kier alpha value is -1.98. The van der Waals surface area contributed by atoms with E-state index in [0.717, 1.165) is 18.6 Å². The lowest BCUT2D eigenvalue weighted by molar-refractivity contribution is -0.137. The molecule has 106 valence electrons. The number of carbonyl (C=O) groups excluding carboxylic acids is 1. The number of rotatable bonds is 7. The lowest BCUT2D eigenvalue weighted by Crippen LogP contribution is -2.45. The third-order valence-electron chi connectivity index (χ3n) is 2.77. The van der Waals surface area contributed by atoms with E-state index in [-0.39, 0.29) is 18.6 Å². The Bertz CT molecular complexity index is 403. The second kappa shape index (κ2) is 7.45. The Kier molecular flexibility index (Phi) is 5.92. The maximum Gasteiger partial charge on any atom is 0.323 e. The van der Waals surface area contributed by atoms with Crippen LogP contribution in [0.1, 0.15) is 26.0 Å². The summed E-state index contributed by atoms with van der Waals surface area (Å²) >= 11 is 0. The Morgan fingerprint density at radius 1 is 1.53 bits per heavy atom. The maximum absolute atomic E-state index is 11.8. The number of urea groups is 1. The van der Waals surface area contributed by atoms with E-state index >= 15 is 0 Å². The van der Waals surface area contributed by atoms with Gasteiger partial charge in [-0.2, -0.15) is 0 Å². The average molecular weight is 268 g/mol. The Morgan fingerprint density at radius 3 is 2.79 bits per heavy atom. The van der Waals surface area contributed by atoms with Crippen LogP contribution in [-0.4, -0.2) is 41.1 Å². The molecule has 0 aromatic carbocycles. The van der Waals surface area contributed by atoms with Crippen molar-refractivity contribution in [2.45, 2.75) is 32.7 Å². The van der Waals surface area contributed by atoms with Gasteiger partial charge in [0.15, 0.2) is 0 Å². The summed E-state index contributed by atoms with van der Waals surface area (Å²) in [5, 5.41) is 11.5. The highest BCUT2D eigenvalue weighted by Gasteiger charge is 2.16. The summed E-state index contributed by atoms with van der Waals surface area (Å²) < 4.78 is 5.21. The second-order valence-electron chi connectivity index (χ2n) is 4.38. The summed E-state index contributed by atoms with van der Waals surface area (Å²) in [5.41, 5.74) is 0. The fourth-order valence-electron chi connectivity index (χ4n) is 1.68. The zero-order valence-electron chi connectivity index (χ0n) is 11.3. The largest absolute Gasteiger partial charge is 0.480 e. The molecule has 0 radical (unpaired) electrons. The summed E-state index contributed by atoms with van der Waals surface area (Å²) in [6.45, 7) is 3.71. The third kappa shape index (κ3) is 5.46. The molecule has 19 heavy (non-hydrogen) atoms. The average Bonchev–Trinajstić information content (AvgIpc) is 2.86. The van der Waals surface area contributed by atoms with Crippen LogP contribution in [-0.2, 0) is 11.2 Å². The van der Waals surface area contributed by atoms with Gasteiger partial charge in [0.1, 0.15) is 12.3 Å². The van der Waals surface area contributed by atoms with Gasteiger partial charge in [-0.25, -0.2) is 4.79 Å². The van der Waals surface area contributed by atoms with Crippen molar-refractivity contribution in [1.82, 2.24) is 10.2 Å². The summed E-state index contributed by atoms with van der Waals surface area (Å²) in [7, 11) is 0. The zero-order chi connectivity index (χ0) is 14.3. The molecule has 6 heteroatoms. The molecule has 1 rings (SSSR count). The fraction of sp³-hybridized carbons (Fsp3) is 0.538. The molecule has 0 saturated heterocycles. The van der Waals surface area contributed by atoms with E-state index in [1.807, 2.05) is 19.1 Å². The quantitative estimate of drug-likeness (QED) is 0.788. The molecule has 6 nitrogen and oxygen atoms in total. The van der Waals surface area contributed by atoms with E-state index < -0.39 is 5.97 Å². The van der Waals surface area contributed by atoms with Crippen molar-refractivity contribution in [2.75, 3.05) is 13.1 Å². The van der Waals surface area contributed by atoms with E-state index in [1.165, 1.54) is 4.90 Å². The van der Waals surface area contributed by atoms with Gasteiger partial charge in [-0.3, -0.25) is 4.79 Å². The molecule has 2 N–H and O–H groups in total. The van der Waals surface area contributed by atoms with Gasteiger partial charge >= 0.3 is 12.0 Å². The van der Waals surface area contributed by atoms with Gasteiger partial charge in [0.2, 0.25) is 0 Å². The van der Waals surface area contributed by atoms with Crippen molar-refractivity contribution in [2.24, 2.45) is 0 Å². The predicted molar refractivity (Wildman–Crippen MR) is 69.9 cm³/mol. The van der Waals surface area contributed by atoms with Gasteiger partial charge in [-0.1, -0.05) is 0 Å². The van der Waals surface area contributed by atoms with Crippen molar-refractivity contribution in [3.63, 3.8) is 0 Å². The van der Waals surface area contributed by atoms with Crippen molar-refractivity contribution in [3.8, 4) is 0 Å². The highest BCUT2D eigenvalue weighted by Crippen LogP contribution is 2.06. The first-order valence-corrected chi connectivity index (χ1v) is 6.32. The van der Waals surface area contributed by atoms with Crippen LogP contribution in [0.2, 0.25) is 0 Å². The molecule has 0 aliphatic heterocycles. The van der Waals surface area contributed by atoms with Gasteiger partial charge in [0.05, 0.1) is 6.26 Å². The maximum atomic E-state index is 11.8. The molecule has 1 aromatic rings. The number of nitrogens with zero attached hydrogens (tertiary/aromatic N) is 1. The van der Waals surface area contributed by atoms with Crippen LogP contribution in [0.25, 0.3) is 0 Å². The second-order valence-corrected chi connectivity index (χ2v) is 4.38. The van der Waals surface area contributed by atoms with Crippen LogP contribution in [0.3, 0.4) is 0 Å². The van der Waals surface area contributed by atoms with E-state index in [9.17, 15) is 9.59 Å². The molecule has 2 amide bonds. The van der Waals surface area contributed by atoms with Crippen LogP contribution in [0.15, 0.2) is 22.8 Å². The van der Waals surface area contributed by atoms with Crippen LogP contribution < -0.4 is 5.32 Å². The van der Waals surface area contributed by atoms with E-state index in [2.05, 4.69) is 5.32 Å². The first-order valence-electron chi connectivity index (χ1n) is 6.32. The molecule has 1 unspecified atom stereocenters.